The van der Waals surface area contributed by atoms with Crippen LogP contribution in [-0.2, 0) is 12.8 Å². The van der Waals surface area contributed by atoms with E-state index in [1.165, 1.54) is 22.9 Å². The van der Waals surface area contributed by atoms with E-state index in [4.69, 9.17) is 5.73 Å². The molecule has 18 heavy (non-hydrogen) atoms. The number of aryl methyl sites for hydroxylation is 2. The Kier molecular flexibility index (Phi) is 3.26. The van der Waals surface area contributed by atoms with Crippen molar-refractivity contribution in [2.75, 3.05) is 0 Å². The maximum atomic E-state index is 13.8. The maximum absolute atomic E-state index is 13.8. The minimum atomic E-state index is -0.363. The number of halogens is 2. The van der Waals surface area contributed by atoms with Gasteiger partial charge in [-0.15, -0.1) is 11.3 Å². The van der Waals surface area contributed by atoms with Gasteiger partial charge in [0.15, 0.2) is 0 Å². The SMILES string of the molecule is NC(c1cc2c(s1)CCC2)c1cc(Br)ccc1F. The first kappa shape index (κ1) is 12.3. The minimum absolute atomic E-state index is 0.237. The van der Waals surface area contributed by atoms with E-state index in [1.807, 2.05) is 0 Å². The number of thiophene rings is 1. The van der Waals surface area contributed by atoms with E-state index in [0.29, 0.717) is 5.56 Å². The van der Waals surface area contributed by atoms with Crippen molar-refractivity contribution in [1.82, 2.24) is 0 Å². The number of fused-ring (bicyclic) bond motifs is 1. The van der Waals surface area contributed by atoms with E-state index in [9.17, 15) is 4.39 Å². The van der Waals surface area contributed by atoms with E-state index in [1.54, 1.807) is 23.5 Å². The molecule has 94 valence electrons. The summed E-state index contributed by atoms with van der Waals surface area (Å²) in [6.07, 6.45) is 3.52. The number of nitrogens with two attached hydrogens (primary N) is 1. The van der Waals surface area contributed by atoms with E-state index in [2.05, 4.69) is 22.0 Å². The molecule has 0 saturated carbocycles. The second kappa shape index (κ2) is 4.76. The highest BCUT2D eigenvalue weighted by Gasteiger charge is 2.20. The van der Waals surface area contributed by atoms with Crippen molar-refractivity contribution < 1.29 is 4.39 Å². The lowest BCUT2D eigenvalue weighted by atomic mass is 10.0. The molecule has 0 spiro atoms. The van der Waals surface area contributed by atoms with Crippen molar-refractivity contribution in [2.45, 2.75) is 25.3 Å². The molecule has 4 heteroatoms. The molecule has 2 aromatic rings. The number of rotatable bonds is 2. The first-order chi connectivity index (χ1) is 8.65. The Labute approximate surface area is 118 Å². The van der Waals surface area contributed by atoms with Crippen LogP contribution >= 0.6 is 27.3 Å². The fourth-order valence-corrected chi connectivity index (χ4v) is 4.07. The van der Waals surface area contributed by atoms with Gasteiger partial charge in [-0.05, 0) is 49.1 Å². The zero-order valence-corrected chi connectivity index (χ0v) is 12.2. The molecule has 1 aromatic carbocycles. The smallest absolute Gasteiger partial charge is 0.128 e. The van der Waals surface area contributed by atoms with Crippen LogP contribution in [0.5, 0.6) is 0 Å². The van der Waals surface area contributed by atoms with Gasteiger partial charge < -0.3 is 5.73 Å². The Morgan fingerprint density at radius 3 is 2.89 bits per heavy atom. The van der Waals surface area contributed by atoms with E-state index in [0.717, 1.165) is 22.2 Å². The molecule has 2 N–H and O–H groups in total. The Morgan fingerprint density at radius 1 is 1.28 bits per heavy atom. The zero-order chi connectivity index (χ0) is 12.7. The normalized spacial score (nSPS) is 15.7. The number of hydrogen-bond acceptors (Lipinski definition) is 2. The van der Waals surface area contributed by atoms with Gasteiger partial charge in [0.1, 0.15) is 5.82 Å². The summed E-state index contributed by atoms with van der Waals surface area (Å²) < 4.78 is 14.7. The van der Waals surface area contributed by atoms with E-state index >= 15 is 0 Å². The molecule has 1 aliphatic carbocycles. The largest absolute Gasteiger partial charge is 0.320 e. The summed E-state index contributed by atoms with van der Waals surface area (Å²) in [6, 6.07) is 6.71. The van der Waals surface area contributed by atoms with Crippen LogP contribution in [0.3, 0.4) is 0 Å². The third kappa shape index (κ3) is 2.13. The molecular formula is C14H13BrFNS. The number of benzene rings is 1. The van der Waals surface area contributed by atoms with Crippen molar-refractivity contribution in [1.29, 1.82) is 0 Å². The first-order valence-electron chi connectivity index (χ1n) is 5.97. The summed E-state index contributed by atoms with van der Waals surface area (Å²) in [4.78, 5) is 2.49. The van der Waals surface area contributed by atoms with Gasteiger partial charge in [0.25, 0.3) is 0 Å². The van der Waals surface area contributed by atoms with Gasteiger partial charge >= 0.3 is 0 Å². The summed E-state index contributed by atoms with van der Waals surface area (Å²) >= 11 is 5.10. The van der Waals surface area contributed by atoms with Crippen LogP contribution in [0.25, 0.3) is 0 Å². The predicted octanol–water partition coefficient (Wildman–Crippen LogP) is 4.19. The zero-order valence-electron chi connectivity index (χ0n) is 9.75. The third-order valence-corrected chi connectivity index (χ3v) is 5.18. The van der Waals surface area contributed by atoms with E-state index < -0.39 is 0 Å². The van der Waals surface area contributed by atoms with Gasteiger partial charge in [0.2, 0.25) is 0 Å². The molecule has 0 radical (unpaired) electrons. The molecule has 1 unspecified atom stereocenters. The Morgan fingerprint density at radius 2 is 2.11 bits per heavy atom. The molecule has 0 fully saturated rings. The van der Waals surface area contributed by atoms with Crippen molar-refractivity contribution in [2.24, 2.45) is 5.73 Å². The summed E-state index contributed by atoms with van der Waals surface area (Å²) in [6.45, 7) is 0. The highest BCUT2D eigenvalue weighted by atomic mass is 79.9. The van der Waals surface area contributed by atoms with Crippen molar-refractivity contribution in [3.05, 3.63) is 55.4 Å². The highest BCUT2D eigenvalue weighted by molar-refractivity contribution is 9.10. The van der Waals surface area contributed by atoms with Crippen LogP contribution in [0.15, 0.2) is 28.7 Å². The molecule has 0 bridgehead atoms. The average Bonchev–Trinajstić information content (AvgIpc) is 2.91. The quantitative estimate of drug-likeness (QED) is 0.880. The fourth-order valence-electron chi connectivity index (χ4n) is 2.41. The Bertz CT molecular complexity index is 572. The average molecular weight is 326 g/mol. The van der Waals surface area contributed by atoms with Crippen LogP contribution in [-0.4, -0.2) is 0 Å². The molecule has 1 heterocycles. The predicted molar refractivity (Wildman–Crippen MR) is 76.5 cm³/mol. The molecule has 1 atom stereocenters. The third-order valence-electron chi connectivity index (χ3n) is 3.37. The molecule has 1 aliphatic rings. The Hall–Kier alpha value is -0.710. The molecule has 0 saturated heterocycles. The van der Waals surface area contributed by atoms with Crippen LogP contribution in [0.2, 0.25) is 0 Å². The lowest BCUT2D eigenvalue weighted by molar-refractivity contribution is 0.600. The summed E-state index contributed by atoms with van der Waals surface area (Å²) in [5.74, 6) is -0.237. The first-order valence-corrected chi connectivity index (χ1v) is 7.58. The van der Waals surface area contributed by atoms with Crippen molar-refractivity contribution in [3.63, 3.8) is 0 Å². The maximum Gasteiger partial charge on any atom is 0.128 e. The molecule has 1 nitrogen and oxygen atoms in total. The number of hydrogen-bond donors (Lipinski definition) is 1. The molecule has 1 aromatic heterocycles. The summed E-state index contributed by atoms with van der Waals surface area (Å²) in [5.41, 5.74) is 8.16. The minimum Gasteiger partial charge on any atom is -0.320 e. The standard InChI is InChI=1S/C14H13BrFNS/c15-9-4-5-11(16)10(7-9)14(17)13-6-8-2-1-3-12(8)18-13/h4-7,14H,1-3,17H2. The highest BCUT2D eigenvalue weighted by Crippen LogP contribution is 2.36. The lowest BCUT2D eigenvalue weighted by Gasteiger charge is -2.11. The van der Waals surface area contributed by atoms with Gasteiger partial charge in [-0.1, -0.05) is 15.9 Å². The molecule has 3 rings (SSSR count). The van der Waals surface area contributed by atoms with Crippen LogP contribution in [0.1, 0.15) is 33.3 Å². The second-order valence-electron chi connectivity index (χ2n) is 4.59. The van der Waals surface area contributed by atoms with Crippen LogP contribution in [0.4, 0.5) is 4.39 Å². The lowest BCUT2D eigenvalue weighted by Crippen LogP contribution is -2.12. The van der Waals surface area contributed by atoms with Crippen molar-refractivity contribution in [3.8, 4) is 0 Å². The topological polar surface area (TPSA) is 26.0 Å². The molecule has 0 aliphatic heterocycles. The van der Waals surface area contributed by atoms with Gasteiger partial charge in [0.05, 0.1) is 6.04 Å². The summed E-state index contributed by atoms with van der Waals surface area (Å²) in [7, 11) is 0. The van der Waals surface area contributed by atoms with E-state index in [-0.39, 0.29) is 11.9 Å². The van der Waals surface area contributed by atoms with Gasteiger partial charge in [0, 0.05) is 19.8 Å². The van der Waals surface area contributed by atoms with Crippen LogP contribution in [0, 0.1) is 5.82 Å². The van der Waals surface area contributed by atoms with Crippen molar-refractivity contribution >= 4 is 27.3 Å². The van der Waals surface area contributed by atoms with Gasteiger partial charge in [-0.2, -0.15) is 0 Å². The molecular weight excluding hydrogens is 313 g/mol. The molecule has 0 amide bonds. The van der Waals surface area contributed by atoms with Gasteiger partial charge in [-0.25, -0.2) is 4.39 Å². The second-order valence-corrected chi connectivity index (χ2v) is 6.68. The monoisotopic (exact) mass is 325 g/mol. The summed E-state index contributed by atoms with van der Waals surface area (Å²) in [5, 5.41) is 0. The van der Waals surface area contributed by atoms with Crippen LogP contribution < -0.4 is 5.73 Å². The Balaban J connectivity index is 1.98. The van der Waals surface area contributed by atoms with Gasteiger partial charge in [-0.3, -0.25) is 0 Å². The fraction of sp³-hybridized carbons (Fsp3) is 0.286.